The van der Waals surface area contributed by atoms with Crippen molar-refractivity contribution in [1.29, 1.82) is 0 Å². The molecule has 0 saturated carbocycles. The second kappa shape index (κ2) is 2.92. The van der Waals surface area contributed by atoms with Gasteiger partial charge in [-0.1, -0.05) is 32.0 Å². The standard InChI is InChI=1S/C11H19P/c1-8-7-12(5,6)11(4)10(3)9(8)2/h7H,1-6H3. The van der Waals surface area contributed by atoms with Gasteiger partial charge in [0.25, 0.3) is 0 Å². The Bertz CT molecular complexity index is 256. The molecule has 0 bridgehead atoms. The lowest BCUT2D eigenvalue weighted by Gasteiger charge is -2.38. The minimum Gasteiger partial charge on any atom is -0.186 e. The van der Waals surface area contributed by atoms with Crippen LogP contribution < -0.4 is 0 Å². The average Bonchev–Trinajstić information content (AvgIpc) is 1.97. The largest absolute Gasteiger partial charge is 0.186 e. The van der Waals surface area contributed by atoms with E-state index in [1.807, 2.05) is 0 Å². The summed E-state index contributed by atoms with van der Waals surface area (Å²) in [5.74, 6) is 2.48. The third-order valence-electron chi connectivity index (χ3n) is 3.08. The number of hydrogen-bond donors (Lipinski definition) is 0. The topological polar surface area (TPSA) is 0 Å². The Kier molecular flexibility index (Phi) is 2.40. The van der Waals surface area contributed by atoms with E-state index in [0.717, 1.165) is 0 Å². The molecule has 0 fully saturated rings. The maximum atomic E-state index is 2.48. The van der Waals surface area contributed by atoms with Gasteiger partial charge in [-0.15, -0.1) is 6.92 Å². The fraction of sp³-hybridized carbons (Fsp3) is 0.545. The summed E-state index contributed by atoms with van der Waals surface area (Å²) in [5.41, 5.74) is 6.10. The molecule has 1 heterocycles. The summed E-state index contributed by atoms with van der Waals surface area (Å²) >= 11 is 0. The minimum absolute atomic E-state index is 0.881. The van der Waals surface area contributed by atoms with Crippen LogP contribution in [-0.4, -0.2) is 13.3 Å². The van der Waals surface area contributed by atoms with Crippen LogP contribution in [0.5, 0.6) is 0 Å². The Hall–Kier alpha value is -0.220. The zero-order valence-electron chi connectivity index (χ0n) is 9.02. The summed E-state index contributed by atoms with van der Waals surface area (Å²) in [6.07, 6.45) is 0. The number of allylic oxidation sites excluding steroid dienone is 3. The summed E-state index contributed by atoms with van der Waals surface area (Å²) < 4.78 is 0. The maximum Gasteiger partial charge on any atom is 0.0425 e. The van der Waals surface area contributed by atoms with E-state index in [1.165, 1.54) is 16.7 Å². The summed E-state index contributed by atoms with van der Waals surface area (Å²) in [4.78, 5) is 0. The first-order valence-corrected chi connectivity index (χ1v) is 7.17. The van der Waals surface area contributed by atoms with Crippen LogP contribution >= 0.6 is 7.26 Å². The van der Waals surface area contributed by atoms with E-state index >= 15 is 0 Å². The van der Waals surface area contributed by atoms with Gasteiger partial charge in [0.1, 0.15) is 0 Å². The zero-order chi connectivity index (χ0) is 9.52. The molecule has 0 unspecified atom stereocenters. The Labute approximate surface area is 77.1 Å². The van der Waals surface area contributed by atoms with Crippen molar-refractivity contribution in [2.45, 2.75) is 27.7 Å². The number of hydrogen-bond acceptors (Lipinski definition) is 0. The molecule has 1 rings (SSSR count). The van der Waals surface area contributed by atoms with Crippen LogP contribution in [0.4, 0.5) is 0 Å². The van der Waals surface area contributed by atoms with E-state index in [1.54, 1.807) is 5.66 Å². The first kappa shape index (κ1) is 9.86. The molecule has 0 aromatic heterocycles. The molecule has 0 nitrogen and oxygen atoms in total. The summed E-state index contributed by atoms with van der Waals surface area (Å²) in [5, 5.41) is 0. The van der Waals surface area contributed by atoms with E-state index in [4.69, 9.17) is 0 Å². The maximum absolute atomic E-state index is 2.48. The molecule has 0 aromatic carbocycles. The van der Waals surface area contributed by atoms with Crippen LogP contribution in [0.15, 0.2) is 22.5 Å². The lowest BCUT2D eigenvalue weighted by Crippen LogP contribution is -2.06. The smallest absolute Gasteiger partial charge is 0.0425 e. The summed E-state index contributed by atoms with van der Waals surface area (Å²) in [6, 6.07) is 0. The second-order valence-corrected chi connectivity index (χ2v) is 8.20. The Morgan fingerprint density at radius 3 is 2.17 bits per heavy atom. The second-order valence-electron chi connectivity index (χ2n) is 4.19. The predicted molar refractivity (Wildman–Crippen MR) is 59.8 cm³/mol. The Balaban J connectivity index is 3.15. The molecule has 1 aliphatic rings. The molecule has 0 radical (unpaired) electrons. The molecule has 0 spiro atoms. The lowest BCUT2D eigenvalue weighted by atomic mass is 10.0. The van der Waals surface area contributed by atoms with E-state index in [9.17, 15) is 0 Å². The van der Waals surface area contributed by atoms with Gasteiger partial charge in [-0.3, -0.25) is 0 Å². The number of rotatable bonds is 0. The predicted octanol–water partition coefficient (Wildman–Crippen LogP) is 4.07. The van der Waals surface area contributed by atoms with Crippen LogP contribution in [0.25, 0.3) is 0 Å². The van der Waals surface area contributed by atoms with Gasteiger partial charge in [0, 0.05) is 19.1 Å². The molecule has 0 saturated heterocycles. The van der Waals surface area contributed by atoms with E-state index in [2.05, 4.69) is 46.8 Å². The van der Waals surface area contributed by atoms with Gasteiger partial charge in [-0.05, 0) is 7.26 Å². The monoisotopic (exact) mass is 182 g/mol. The van der Waals surface area contributed by atoms with Crippen LogP contribution in [-0.2, 0) is 0 Å². The third kappa shape index (κ3) is 1.45. The molecule has 1 heteroatoms. The highest BCUT2D eigenvalue weighted by Gasteiger charge is 2.28. The fourth-order valence-corrected chi connectivity index (χ4v) is 4.06. The van der Waals surface area contributed by atoms with Crippen molar-refractivity contribution < 1.29 is 0 Å². The van der Waals surface area contributed by atoms with Gasteiger partial charge in [-0.25, -0.2) is 0 Å². The van der Waals surface area contributed by atoms with Crippen molar-refractivity contribution in [3.05, 3.63) is 28.2 Å². The van der Waals surface area contributed by atoms with Gasteiger partial charge >= 0.3 is 0 Å². The molecule has 1 aliphatic heterocycles. The van der Waals surface area contributed by atoms with Crippen LogP contribution in [0.3, 0.4) is 0 Å². The van der Waals surface area contributed by atoms with E-state index < -0.39 is 7.26 Å². The third-order valence-corrected chi connectivity index (χ3v) is 6.17. The molecule has 0 atom stereocenters. The van der Waals surface area contributed by atoms with Crippen LogP contribution in [0.2, 0.25) is 0 Å². The Morgan fingerprint density at radius 1 is 1.17 bits per heavy atom. The molecule has 0 aromatic rings. The van der Waals surface area contributed by atoms with Gasteiger partial charge in [0.2, 0.25) is 0 Å². The molecule has 68 valence electrons. The fourth-order valence-electron chi connectivity index (χ4n) is 1.68. The van der Waals surface area contributed by atoms with Crippen molar-refractivity contribution in [1.82, 2.24) is 0 Å². The molecule has 0 amide bonds. The average molecular weight is 182 g/mol. The van der Waals surface area contributed by atoms with Gasteiger partial charge < -0.3 is 0 Å². The first-order chi connectivity index (χ1) is 5.36. The quantitative estimate of drug-likeness (QED) is 0.391. The minimum atomic E-state index is -0.881. The lowest BCUT2D eigenvalue weighted by molar-refractivity contribution is 1.17. The zero-order valence-corrected chi connectivity index (χ0v) is 9.92. The van der Waals surface area contributed by atoms with Crippen LogP contribution in [0.1, 0.15) is 27.7 Å². The molecular formula is C11H19P. The van der Waals surface area contributed by atoms with Crippen molar-refractivity contribution >= 4 is 7.26 Å². The van der Waals surface area contributed by atoms with Crippen molar-refractivity contribution in [2.75, 3.05) is 13.3 Å². The molecule has 12 heavy (non-hydrogen) atoms. The van der Waals surface area contributed by atoms with E-state index in [-0.39, 0.29) is 0 Å². The van der Waals surface area contributed by atoms with Gasteiger partial charge in [-0.2, -0.15) is 11.1 Å². The highest BCUT2D eigenvalue weighted by Crippen LogP contribution is 2.67. The van der Waals surface area contributed by atoms with Crippen molar-refractivity contribution in [3.8, 4) is 0 Å². The Morgan fingerprint density at radius 2 is 1.67 bits per heavy atom. The van der Waals surface area contributed by atoms with Gasteiger partial charge in [0.05, 0.1) is 0 Å². The van der Waals surface area contributed by atoms with Gasteiger partial charge in [0.15, 0.2) is 0 Å². The molecule has 0 aliphatic carbocycles. The summed E-state index contributed by atoms with van der Waals surface area (Å²) in [6.45, 7) is 13.8. The van der Waals surface area contributed by atoms with Crippen LogP contribution in [0, 0.1) is 5.66 Å². The highest BCUT2D eigenvalue weighted by atomic mass is 31.2. The highest BCUT2D eigenvalue weighted by molar-refractivity contribution is 7.80. The molecular weight excluding hydrogens is 163 g/mol. The van der Waals surface area contributed by atoms with E-state index in [0.29, 0.717) is 0 Å². The van der Waals surface area contributed by atoms with Crippen molar-refractivity contribution in [2.24, 2.45) is 0 Å². The normalized spacial score (nSPS) is 22.8. The summed E-state index contributed by atoms with van der Waals surface area (Å²) in [7, 11) is -0.881. The first-order valence-electron chi connectivity index (χ1n) is 4.41. The molecule has 0 N–H and O–H groups in total. The SMILES string of the molecule is CC1=C[P+](C)(C)[C-](C)C(C)=C1C. The van der Waals surface area contributed by atoms with Crippen molar-refractivity contribution in [3.63, 3.8) is 0 Å².